The van der Waals surface area contributed by atoms with Crippen LogP contribution in [0.3, 0.4) is 0 Å². The van der Waals surface area contributed by atoms with Crippen LogP contribution >= 0.6 is 0 Å². The summed E-state index contributed by atoms with van der Waals surface area (Å²) >= 11 is 0. The van der Waals surface area contributed by atoms with Crippen molar-refractivity contribution < 1.29 is 9.53 Å². The third-order valence-electron chi connectivity index (χ3n) is 2.39. The molecule has 84 valence electrons. The normalized spacial score (nSPS) is 10.4. The Bertz CT molecular complexity index is 502. The molecule has 1 heterocycles. The molecule has 1 amide bonds. The molecule has 0 saturated heterocycles. The summed E-state index contributed by atoms with van der Waals surface area (Å²) < 4.78 is 5.40. The molecule has 0 bridgehead atoms. The van der Waals surface area contributed by atoms with Gasteiger partial charge >= 0.3 is 0 Å². The van der Waals surface area contributed by atoms with Gasteiger partial charge in [-0.2, -0.15) is 0 Å². The van der Waals surface area contributed by atoms with Gasteiger partial charge < -0.3 is 14.6 Å². The lowest BCUT2D eigenvalue weighted by Crippen LogP contribution is -2.27. The monoisotopic (exact) mass is 218 g/mol. The number of likely N-dealkylation sites (N-methyl/N-ethyl adjacent to an activating group) is 1. The minimum absolute atomic E-state index is 0.0471. The maximum atomic E-state index is 11.3. The van der Waals surface area contributed by atoms with Crippen molar-refractivity contribution >= 4 is 16.8 Å². The van der Waals surface area contributed by atoms with Crippen molar-refractivity contribution in [2.24, 2.45) is 0 Å². The van der Waals surface area contributed by atoms with Gasteiger partial charge in [0.2, 0.25) is 0 Å². The van der Waals surface area contributed by atoms with Gasteiger partial charge in [-0.3, -0.25) is 4.79 Å². The number of amides is 1. The van der Waals surface area contributed by atoms with Gasteiger partial charge in [0, 0.05) is 31.2 Å². The van der Waals surface area contributed by atoms with E-state index in [0.717, 1.165) is 10.9 Å². The number of H-pyrrole nitrogens is 1. The molecule has 0 atom stereocenters. The SMILES string of the molecule is CN(C)C(=O)COc1ccc2[nH]ccc2c1. The average molecular weight is 218 g/mol. The van der Waals surface area contributed by atoms with Crippen molar-refractivity contribution in [1.29, 1.82) is 0 Å². The summed E-state index contributed by atoms with van der Waals surface area (Å²) in [7, 11) is 3.42. The lowest BCUT2D eigenvalue weighted by atomic mass is 10.2. The Labute approximate surface area is 93.8 Å². The smallest absolute Gasteiger partial charge is 0.259 e. The van der Waals surface area contributed by atoms with Gasteiger partial charge in [-0.15, -0.1) is 0 Å². The maximum Gasteiger partial charge on any atom is 0.259 e. The fourth-order valence-corrected chi connectivity index (χ4v) is 1.40. The first-order valence-corrected chi connectivity index (χ1v) is 5.07. The second-order valence-electron chi connectivity index (χ2n) is 3.80. The standard InChI is InChI=1S/C12H14N2O2/c1-14(2)12(15)8-16-10-3-4-11-9(7-10)5-6-13-11/h3-7,13H,8H2,1-2H3. The number of fused-ring (bicyclic) bond motifs is 1. The molecule has 2 rings (SSSR count). The van der Waals surface area contributed by atoms with Crippen LogP contribution in [0, 0.1) is 0 Å². The van der Waals surface area contributed by atoms with Gasteiger partial charge in [-0.25, -0.2) is 0 Å². The summed E-state index contributed by atoms with van der Waals surface area (Å²) in [5.74, 6) is 0.663. The van der Waals surface area contributed by atoms with Gasteiger partial charge in [0.1, 0.15) is 5.75 Å². The summed E-state index contributed by atoms with van der Waals surface area (Å²) in [5, 5.41) is 1.08. The highest BCUT2D eigenvalue weighted by Crippen LogP contribution is 2.19. The highest BCUT2D eigenvalue weighted by molar-refractivity contribution is 5.81. The molecule has 1 aromatic heterocycles. The van der Waals surface area contributed by atoms with Crippen molar-refractivity contribution in [3.8, 4) is 5.75 Å². The van der Waals surface area contributed by atoms with Crippen LogP contribution in [0.4, 0.5) is 0 Å². The topological polar surface area (TPSA) is 45.3 Å². The van der Waals surface area contributed by atoms with Crippen LogP contribution in [0.15, 0.2) is 30.5 Å². The van der Waals surface area contributed by atoms with E-state index in [9.17, 15) is 4.79 Å². The third kappa shape index (κ3) is 2.16. The summed E-state index contributed by atoms with van der Waals surface area (Å²) in [6.45, 7) is 0.0724. The van der Waals surface area contributed by atoms with Crippen LogP contribution in [0.1, 0.15) is 0 Å². The fourth-order valence-electron chi connectivity index (χ4n) is 1.40. The fraction of sp³-hybridized carbons (Fsp3) is 0.250. The van der Waals surface area contributed by atoms with Crippen LogP contribution in [-0.2, 0) is 4.79 Å². The highest BCUT2D eigenvalue weighted by atomic mass is 16.5. The van der Waals surface area contributed by atoms with Gasteiger partial charge in [0.05, 0.1) is 0 Å². The predicted molar refractivity (Wildman–Crippen MR) is 62.5 cm³/mol. The number of ether oxygens (including phenoxy) is 1. The zero-order chi connectivity index (χ0) is 11.5. The molecular formula is C12H14N2O2. The van der Waals surface area contributed by atoms with Crippen molar-refractivity contribution in [3.63, 3.8) is 0 Å². The molecule has 0 aliphatic rings. The molecule has 4 heteroatoms. The molecule has 1 N–H and O–H groups in total. The predicted octanol–water partition coefficient (Wildman–Crippen LogP) is 1.63. The van der Waals surface area contributed by atoms with Gasteiger partial charge in [-0.05, 0) is 24.3 Å². The molecule has 0 saturated carbocycles. The third-order valence-corrected chi connectivity index (χ3v) is 2.39. The number of carbonyl (C=O) groups is 1. The Balaban J connectivity index is 2.06. The van der Waals surface area contributed by atoms with Crippen molar-refractivity contribution in [1.82, 2.24) is 9.88 Å². The van der Waals surface area contributed by atoms with E-state index < -0.39 is 0 Å². The first-order valence-electron chi connectivity index (χ1n) is 5.07. The lowest BCUT2D eigenvalue weighted by molar-refractivity contribution is -0.130. The molecule has 0 unspecified atom stereocenters. The molecule has 16 heavy (non-hydrogen) atoms. The molecule has 1 aromatic carbocycles. The van der Waals surface area contributed by atoms with Crippen molar-refractivity contribution in [2.45, 2.75) is 0 Å². The first kappa shape index (κ1) is 10.5. The Morgan fingerprint density at radius 1 is 1.38 bits per heavy atom. The molecular weight excluding hydrogens is 204 g/mol. The number of hydrogen-bond donors (Lipinski definition) is 1. The van der Waals surface area contributed by atoms with Crippen molar-refractivity contribution in [2.75, 3.05) is 20.7 Å². The summed E-state index contributed by atoms with van der Waals surface area (Å²) in [5.41, 5.74) is 1.06. The molecule has 4 nitrogen and oxygen atoms in total. The highest BCUT2D eigenvalue weighted by Gasteiger charge is 2.05. The van der Waals surface area contributed by atoms with Crippen LogP contribution < -0.4 is 4.74 Å². The average Bonchev–Trinajstić information content (AvgIpc) is 2.72. The van der Waals surface area contributed by atoms with E-state index in [0.29, 0.717) is 5.75 Å². The van der Waals surface area contributed by atoms with Crippen LogP contribution in [0.2, 0.25) is 0 Å². The number of carbonyl (C=O) groups excluding carboxylic acids is 1. The quantitative estimate of drug-likeness (QED) is 0.851. The van der Waals surface area contributed by atoms with Gasteiger partial charge in [-0.1, -0.05) is 0 Å². The number of nitrogens with one attached hydrogen (secondary N) is 1. The molecule has 0 aliphatic heterocycles. The van der Waals surface area contributed by atoms with Crippen LogP contribution in [0.5, 0.6) is 5.75 Å². The van der Waals surface area contributed by atoms with Gasteiger partial charge in [0.25, 0.3) is 5.91 Å². The second kappa shape index (κ2) is 4.26. The molecule has 2 aromatic rings. The molecule has 0 radical (unpaired) electrons. The molecule has 0 aliphatic carbocycles. The minimum Gasteiger partial charge on any atom is -0.484 e. The van der Waals surface area contributed by atoms with Crippen molar-refractivity contribution in [3.05, 3.63) is 30.5 Å². The van der Waals surface area contributed by atoms with E-state index in [1.165, 1.54) is 4.90 Å². The van der Waals surface area contributed by atoms with E-state index in [1.54, 1.807) is 14.1 Å². The Morgan fingerprint density at radius 2 is 2.19 bits per heavy atom. The van der Waals surface area contributed by atoms with Gasteiger partial charge in [0.15, 0.2) is 6.61 Å². The summed E-state index contributed by atoms with van der Waals surface area (Å²) in [6.07, 6.45) is 1.87. The zero-order valence-corrected chi connectivity index (χ0v) is 9.36. The Kier molecular flexibility index (Phi) is 2.81. The number of aromatic amines is 1. The molecule has 0 spiro atoms. The van der Waals surface area contributed by atoms with E-state index in [2.05, 4.69) is 4.98 Å². The minimum atomic E-state index is -0.0471. The Hall–Kier alpha value is -1.97. The number of aromatic nitrogens is 1. The largest absolute Gasteiger partial charge is 0.484 e. The van der Waals surface area contributed by atoms with E-state index in [-0.39, 0.29) is 12.5 Å². The lowest BCUT2D eigenvalue weighted by Gasteiger charge is -2.11. The number of benzene rings is 1. The first-order chi connectivity index (χ1) is 7.66. The maximum absolute atomic E-state index is 11.3. The number of hydrogen-bond acceptors (Lipinski definition) is 2. The Morgan fingerprint density at radius 3 is 2.94 bits per heavy atom. The number of nitrogens with zero attached hydrogens (tertiary/aromatic N) is 1. The molecule has 0 fully saturated rings. The summed E-state index contributed by atoms with van der Waals surface area (Å²) in [4.78, 5) is 15.9. The van der Waals surface area contributed by atoms with E-state index in [4.69, 9.17) is 4.74 Å². The second-order valence-corrected chi connectivity index (χ2v) is 3.80. The zero-order valence-electron chi connectivity index (χ0n) is 9.36. The van der Waals surface area contributed by atoms with Crippen LogP contribution in [-0.4, -0.2) is 36.5 Å². The number of rotatable bonds is 3. The van der Waals surface area contributed by atoms with E-state index >= 15 is 0 Å². The van der Waals surface area contributed by atoms with E-state index in [1.807, 2.05) is 30.5 Å². The van der Waals surface area contributed by atoms with Crippen LogP contribution in [0.25, 0.3) is 10.9 Å². The summed E-state index contributed by atoms with van der Waals surface area (Å²) in [6, 6.07) is 7.66.